The molecule has 0 bridgehead atoms. The standard InChI is InChI=1S/C36H32FN3O7/c1-36(2,3)47-34(42)29-18-28(32-31(15-10-16-39-32)44-21-24-11-6-4-7-12-24)30(40(33(29)41)27-17-26(37)19-38-20-27)23-46-35(43)45-22-25-13-8-5-9-14-25/h4-20H,21-23H2,1-3H3. The van der Waals surface area contributed by atoms with Crippen LogP contribution in [0.2, 0.25) is 0 Å². The smallest absolute Gasteiger partial charge is 0.487 e. The molecule has 0 unspecified atom stereocenters. The van der Waals surface area contributed by atoms with Gasteiger partial charge in [-0.25, -0.2) is 14.0 Å². The molecule has 0 aliphatic heterocycles. The Kier molecular flexibility index (Phi) is 10.0. The van der Waals surface area contributed by atoms with Crippen LogP contribution in [0.1, 0.15) is 48.0 Å². The van der Waals surface area contributed by atoms with Crippen molar-refractivity contribution in [3.63, 3.8) is 0 Å². The van der Waals surface area contributed by atoms with Gasteiger partial charge < -0.3 is 18.9 Å². The van der Waals surface area contributed by atoms with E-state index in [1.807, 2.05) is 36.4 Å². The fraction of sp³-hybridized carbons (Fsp3) is 0.194. The van der Waals surface area contributed by atoms with Gasteiger partial charge in [0.1, 0.15) is 48.2 Å². The van der Waals surface area contributed by atoms with E-state index < -0.39 is 35.7 Å². The fourth-order valence-corrected chi connectivity index (χ4v) is 4.61. The number of aromatic nitrogens is 3. The first-order valence-electron chi connectivity index (χ1n) is 14.7. The van der Waals surface area contributed by atoms with Gasteiger partial charge in [0, 0.05) is 17.8 Å². The molecule has 0 spiro atoms. The summed E-state index contributed by atoms with van der Waals surface area (Å²) in [5.74, 6) is -1.35. The second kappa shape index (κ2) is 14.5. The van der Waals surface area contributed by atoms with E-state index in [-0.39, 0.29) is 41.4 Å². The Morgan fingerprint density at radius 3 is 2.15 bits per heavy atom. The Labute approximate surface area is 270 Å². The molecule has 3 heterocycles. The van der Waals surface area contributed by atoms with Gasteiger partial charge >= 0.3 is 12.1 Å². The molecule has 11 heteroatoms. The van der Waals surface area contributed by atoms with Gasteiger partial charge in [-0.3, -0.25) is 19.3 Å². The second-order valence-corrected chi connectivity index (χ2v) is 11.4. The summed E-state index contributed by atoms with van der Waals surface area (Å²) < 4.78 is 38.0. The van der Waals surface area contributed by atoms with Crippen LogP contribution < -0.4 is 10.3 Å². The molecule has 3 aromatic heterocycles. The van der Waals surface area contributed by atoms with Crippen molar-refractivity contribution in [1.29, 1.82) is 0 Å². The number of pyridine rings is 3. The number of nitrogens with zero attached hydrogens (tertiary/aromatic N) is 3. The highest BCUT2D eigenvalue weighted by Gasteiger charge is 2.28. The lowest BCUT2D eigenvalue weighted by Crippen LogP contribution is -2.33. The van der Waals surface area contributed by atoms with Crippen molar-refractivity contribution in [3.8, 4) is 22.7 Å². The van der Waals surface area contributed by atoms with Crippen LogP contribution in [-0.4, -0.2) is 32.3 Å². The summed E-state index contributed by atoms with van der Waals surface area (Å²) in [4.78, 5) is 48.7. The number of hydrogen-bond acceptors (Lipinski definition) is 9. The molecule has 0 aliphatic rings. The van der Waals surface area contributed by atoms with Crippen LogP contribution in [0.4, 0.5) is 9.18 Å². The summed E-state index contributed by atoms with van der Waals surface area (Å²) in [7, 11) is 0. The summed E-state index contributed by atoms with van der Waals surface area (Å²) >= 11 is 0. The summed E-state index contributed by atoms with van der Waals surface area (Å²) in [6, 6.07) is 24.2. The minimum Gasteiger partial charge on any atom is -0.487 e. The zero-order valence-corrected chi connectivity index (χ0v) is 26.0. The van der Waals surface area contributed by atoms with Gasteiger partial charge in [0.25, 0.3) is 5.56 Å². The molecule has 2 aromatic carbocycles. The molecule has 47 heavy (non-hydrogen) atoms. The number of hydrogen-bond donors (Lipinski definition) is 0. The molecule has 0 N–H and O–H groups in total. The quantitative estimate of drug-likeness (QED) is 0.152. The molecule has 10 nitrogen and oxygen atoms in total. The topological polar surface area (TPSA) is 119 Å². The minimum absolute atomic E-state index is 0.0272. The van der Waals surface area contributed by atoms with Crippen LogP contribution in [-0.2, 0) is 34.0 Å². The van der Waals surface area contributed by atoms with Gasteiger partial charge in [0.15, 0.2) is 0 Å². The number of ether oxygens (including phenoxy) is 4. The zero-order valence-electron chi connectivity index (χ0n) is 26.0. The first kappa shape index (κ1) is 32.6. The lowest BCUT2D eigenvalue weighted by atomic mass is 10.0. The number of halogens is 1. The van der Waals surface area contributed by atoms with Crippen LogP contribution >= 0.6 is 0 Å². The molecular formula is C36H32FN3O7. The number of carbonyl (C=O) groups is 2. The van der Waals surface area contributed by atoms with Crippen molar-refractivity contribution in [2.24, 2.45) is 0 Å². The second-order valence-electron chi connectivity index (χ2n) is 11.4. The number of carbonyl (C=O) groups excluding carboxylic acids is 2. The SMILES string of the molecule is CC(C)(C)OC(=O)c1cc(-c2ncccc2OCc2ccccc2)c(COC(=O)OCc2ccccc2)n(-c2cncc(F)c2)c1=O. The average molecular weight is 638 g/mol. The van der Waals surface area contributed by atoms with Crippen molar-refractivity contribution < 1.29 is 32.9 Å². The van der Waals surface area contributed by atoms with E-state index in [9.17, 15) is 18.8 Å². The Morgan fingerprint density at radius 2 is 1.49 bits per heavy atom. The van der Waals surface area contributed by atoms with Crippen LogP contribution in [0.3, 0.4) is 0 Å². The van der Waals surface area contributed by atoms with E-state index >= 15 is 0 Å². The van der Waals surface area contributed by atoms with Crippen molar-refractivity contribution in [1.82, 2.24) is 14.5 Å². The van der Waals surface area contributed by atoms with Crippen LogP contribution in [0, 0.1) is 5.82 Å². The van der Waals surface area contributed by atoms with Crippen molar-refractivity contribution >= 4 is 12.1 Å². The summed E-state index contributed by atoms with van der Waals surface area (Å²) in [6.45, 7) is 4.60. The molecule has 0 radical (unpaired) electrons. The lowest BCUT2D eigenvalue weighted by Gasteiger charge is -2.22. The van der Waals surface area contributed by atoms with E-state index in [0.717, 1.165) is 28.0 Å². The highest BCUT2D eigenvalue weighted by Crippen LogP contribution is 2.33. The molecule has 5 rings (SSSR count). The molecule has 240 valence electrons. The Balaban J connectivity index is 1.64. The predicted molar refractivity (Wildman–Crippen MR) is 170 cm³/mol. The third kappa shape index (κ3) is 8.46. The first-order valence-corrected chi connectivity index (χ1v) is 14.7. The summed E-state index contributed by atoms with van der Waals surface area (Å²) in [6.07, 6.45) is 2.71. The van der Waals surface area contributed by atoms with Gasteiger partial charge in [-0.05, 0) is 50.1 Å². The third-order valence-corrected chi connectivity index (χ3v) is 6.66. The lowest BCUT2D eigenvalue weighted by molar-refractivity contribution is 0.00661. The molecule has 0 saturated heterocycles. The molecule has 5 aromatic rings. The summed E-state index contributed by atoms with van der Waals surface area (Å²) in [5, 5.41) is 0. The molecule has 0 saturated carbocycles. The molecule has 0 fully saturated rings. The van der Waals surface area contributed by atoms with Crippen LogP contribution in [0.5, 0.6) is 5.75 Å². The highest BCUT2D eigenvalue weighted by atomic mass is 19.1. The maximum atomic E-state index is 14.5. The first-order chi connectivity index (χ1) is 22.6. The van der Waals surface area contributed by atoms with Gasteiger partial charge in [-0.1, -0.05) is 60.7 Å². The molecular weight excluding hydrogens is 605 g/mol. The number of benzene rings is 2. The third-order valence-electron chi connectivity index (χ3n) is 6.66. The largest absolute Gasteiger partial charge is 0.508 e. The van der Waals surface area contributed by atoms with Crippen LogP contribution in [0.15, 0.2) is 108 Å². The van der Waals surface area contributed by atoms with Crippen molar-refractivity contribution in [3.05, 3.63) is 142 Å². The maximum absolute atomic E-state index is 14.5. The normalized spacial score (nSPS) is 11.1. The van der Waals surface area contributed by atoms with E-state index in [2.05, 4.69) is 9.97 Å². The monoisotopic (exact) mass is 637 g/mol. The van der Waals surface area contributed by atoms with Gasteiger partial charge in [0.2, 0.25) is 0 Å². The number of rotatable bonds is 10. The van der Waals surface area contributed by atoms with Gasteiger partial charge in [0.05, 0.1) is 23.8 Å². The van der Waals surface area contributed by atoms with Crippen molar-refractivity contribution in [2.45, 2.75) is 46.2 Å². The fourth-order valence-electron chi connectivity index (χ4n) is 4.61. The number of esters is 1. The van der Waals surface area contributed by atoms with Crippen LogP contribution in [0.25, 0.3) is 16.9 Å². The summed E-state index contributed by atoms with van der Waals surface area (Å²) in [5.41, 5.74) is -0.0926. The minimum atomic E-state index is -1.02. The van der Waals surface area contributed by atoms with Gasteiger partial charge in [-0.2, -0.15) is 0 Å². The zero-order chi connectivity index (χ0) is 33.4. The van der Waals surface area contributed by atoms with E-state index in [1.165, 1.54) is 18.5 Å². The van der Waals surface area contributed by atoms with Gasteiger partial charge in [-0.15, -0.1) is 0 Å². The Hall–Kier alpha value is -5.84. The molecule has 0 aliphatic carbocycles. The average Bonchev–Trinajstić information content (AvgIpc) is 3.05. The Morgan fingerprint density at radius 1 is 0.830 bits per heavy atom. The molecule has 0 amide bonds. The van der Waals surface area contributed by atoms with E-state index in [4.69, 9.17) is 18.9 Å². The highest BCUT2D eigenvalue weighted by molar-refractivity contribution is 5.91. The van der Waals surface area contributed by atoms with Crippen molar-refractivity contribution in [2.75, 3.05) is 0 Å². The van der Waals surface area contributed by atoms with E-state index in [1.54, 1.807) is 57.2 Å². The van der Waals surface area contributed by atoms with E-state index in [0.29, 0.717) is 5.75 Å². The maximum Gasteiger partial charge on any atom is 0.508 e. The predicted octanol–water partition coefficient (Wildman–Crippen LogP) is 6.82. The molecule has 0 atom stereocenters. The Bertz CT molecular complexity index is 1920.